The summed E-state index contributed by atoms with van der Waals surface area (Å²) in [6, 6.07) is 1.00. The fourth-order valence-electron chi connectivity index (χ4n) is 3.67. The largest absolute Gasteiger partial charge is 0.381 e. The van der Waals surface area contributed by atoms with E-state index in [0.717, 1.165) is 11.8 Å². The lowest BCUT2D eigenvalue weighted by molar-refractivity contribution is 0.00877. The lowest BCUT2D eigenvalue weighted by Gasteiger charge is -2.45. The molecule has 0 bridgehead atoms. The number of ether oxygens (including phenoxy) is 1. The Morgan fingerprint density at radius 3 is 2.33 bits per heavy atom. The summed E-state index contributed by atoms with van der Waals surface area (Å²) in [4.78, 5) is 2.63. The summed E-state index contributed by atoms with van der Waals surface area (Å²) >= 11 is 0. The Balaban J connectivity index is 1.90. The summed E-state index contributed by atoms with van der Waals surface area (Å²) in [5.41, 5.74) is 6.37. The van der Waals surface area contributed by atoms with E-state index in [2.05, 4.69) is 18.7 Å². The molecule has 3 heteroatoms. The molecule has 2 rings (SSSR count). The van der Waals surface area contributed by atoms with E-state index in [9.17, 15) is 0 Å². The molecule has 106 valence electrons. The lowest BCUT2D eigenvalue weighted by atomic mass is 9.76. The third kappa shape index (κ3) is 3.25. The Bertz CT molecular complexity index is 249. The predicted octanol–water partition coefficient (Wildman–Crippen LogP) is 2.25. The molecule has 2 aliphatic rings. The molecule has 0 aromatic carbocycles. The van der Waals surface area contributed by atoms with Gasteiger partial charge in [0.05, 0.1) is 6.10 Å². The van der Waals surface area contributed by atoms with Crippen molar-refractivity contribution in [2.45, 2.75) is 64.1 Å². The highest BCUT2D eigenvalue weighted by Gasteiger charge is 2.34. The summed E-state index contributed by atoms with van der Waals surface area (Å²) in [5, 5.41) is 0. The second-order valence-corrected chi connectivity index (χ2v) is 6.52. The first-order valence-electron chi connectivity index (χ1n) is 7.64. The molecule has 0 radical (unpaired) electrons. The molecule has 1 saturated carbocycles. The van der Waals surface area contributed by atoms with E-state index in [-0.39, 0.29) is 0 Å². The number of nitrogens with two attached hydrogens (primary N) is 1. The third-order valence-corrected chi connectivity index (χ3v) is 5.13. The zero-order chi connectivity index (χ0) is 13.1. The molecule has 2 fully saturated rings. The molecule has 18 heavy (non-hydrogen) atoms. The van der Waals surface area contributed by atoms with Crippen LogP contribution >= 0.6 is 0 Å². The zero-order valence-electron chi connectivity index (χ0n) is 12.3. The standard InChI is InChI=1S/C15H30N2O/c1-11(2)12-4-5-14(16)15(10-12)17-8-6-13(18-3)7-9-17/h11-15H,4-10,16H2,1-3H3. The van der Waals surface area contributed by atoms with Gasteiger partial charge in [0.25, 0.3) is 0 Å². The third-order valence-electron chi connectivity index (χ3n) is 5.13. The van der Waals surface area contributed by atoms with E-state index in [4.69, 9.17) is 10.5 Å². The smallest absolute Gasteiger partial charge is 0.0595 e. The molecule has 3 nitrogen and oxygen atoms in total. The van der Waals surface area contributed by atoms with Crippen molar-refractivity contribution < 1.29 is 4.74 Å². The van der Waals surface area contributed by atoms with Crippen LogP contribution in [0.2, 0.25) is 0 Å². The average Bonchev–Trinajstić information content (AvgIpc) is 2.39. The maximum atomic E-state index is 6.37. The molecule has 0 aromatic heterocycles. The van der Waals surface area contributed by atoms with Crippen molar-refractivity contribution in [1.29, 1.82) is 0 Å². The molecule has 2 N–H and O–H groups in total. The number of nitrogens with zero attached hydrogens (tertiary/aromatic N) is 1. The van der Waals surface area contributed by atoms with Crippen LogP contribution in [-0.2, 0) is 4.74 Å². The highest BCUT2D eigenvalue weighted by Crippen LogP contribution is 2.33. The molecule has 1 saturated heterocycles. The molecule has 3 unspecified atom stereocenters. The minimum atomic E-state index is 0.388. The Morgan fingerprint density at radius 1 is 1.11 bits per heavy atom. The highest BCUT2D eigenvalue weighted by molar-refractivity contribution is 4.91. The number of hydrogen-bond acceptors (Lipinski definition) is 3. The second-order valence-electron chi connectivity index (χ2n) is 6.52. The molecule has 0 amide bonds. The van der Waals surface area contributed by atoms with Crippen LogP contribution in [0.15, 0.2) is 0 Å². The second kappa shape index (κ2) is 6.36. The van der Waals surface area contributed by atoms with Gasteiger partial charge in [0.2, 0.25) is 0 Å². The topological polar surface area (TPSA) is 38.5 Å². The molecule has 1 heterocycles. The van der Waals surface area contributed by atoms with Crippen LogP contribution in [0.25, 0.3) is 0 Å². The van der Waals surface area contributed by atoms with Crippen molar-refractivity contribution in [2.75, 3.05) is 20.2 Å². The molecular formula is C15H30N2O. The SMILES string of the molecule is COC1CCN(C2CC(C(C)C)CCC2N)CC1. The first-order chi connectivity index (χ1) is 8.61. The number of rotatable bonds is 3. The Kier molecular flexibility index (Phi) is 5.05. The van der Waals surface area contributed by atoms with Gasteiger partial charge in [-0.3, -0.25) is 4.90 Å². The summed E-state index contributed by atoms with van der Waals surface area (Å²) in [6.07, 6.45) is 6.65. The number of methoxy groups -OCH3 is 1. The highest BCUT2D eigenvalue weighted by atomic mass is 16.5. The van der Waals surface area contributed by atoms with E-state index in [1.807, 2.05) is 7.11 Å². The first-order valence-corrected chi connectivity index (χ1v) is 7.64. The van der Waals surface area contributed by atoms with Crippen LogP contribution in [0, 0.1) is 11.8 Å². The number of likely N-dealkylation sites (tertiary alicyclic amines) is 1. The van der Waals surface area contributed by atoms with Crippen molar-refractivity contribution >= 4 is 0 Å². The van der Waals surface area contributed by atoms with Crippen molar-refractivity contribution in [3.63, 3.8) is 0 Å². The van der Waals surface area contributed by atoms with Crippen molar-refractivity contribution in [3.05, 3.63) is 0 Å². The minimum absolute atomic E-state index is 0.388. The van der Waals surface area contributed by atoms with Crippen LogP contribution < -0.4 is 5.73 Å². The Morgan fingerprint density at radius 2 is 1.78 bits per heavy atom. The van der Waals surface area contributed by atoms with Gasteiger partial charge in [0, 0.05) is 32.3 Å². The van der Waals surface area contributed by atoms with Gasteiger partial charge in [-0.05, 0) is 43.9 Å². The van der Waals surface area contributed by atoms with Crippen molar-refractivity contribution in [3.8, 4) is 0 Å². The molecule has 3 atom stereocenters. The van der Waals surface area contributed by atoms with E-state index < -0.39 is 0 Å². The molecular weight excluding hydrogens is 224 g/mol. The quantitative estimate of drug-likeness (QED) is 0.839. The predicted molar refractivity (Wildman–Crippen MR) is 75.5 cm³/mol. The van der Waals surface area contributed by atoms with Crippen molar-refractivity contribution in [2.24, 2.45) is 17.6 Å². The van der Waals surface area contributed by atoms with Gasteiger partial charge in [-0.15, -0.1) is 0 Å². The van der Waals surface area contributed by atoms with Crippen molar-refractivity contribution in [1.82, 2.24) is 4.90 Å². The normalized spacial score (nSPS) is 36.2. The van der Waals surface area contributed by atoms with Crippen LogP contribution in [0.5, 0.6) is 0 Å². The number of hydrogen-bond donors (Lipinski definition) is 1. The van der Waals surface area contributed by atoms with Crippen LogP contribution in [0.3, 0.4) is 0 Å². The van der Waals surface area contributed by atoms with Gasteiger partial charge in [-0.1, -0.05) is 13.8 Å². The van der Waals surface area contributed by atoms with E-state index in [1.165, 1.54) is 45.2 Å². The van der Waals surface area contributed by atoms with E-state index in [0.29, 0.717) is 18.2 Å². The molecule has 0 aromatic rings. The summed E-state index contributed by atoms with van der Waals surface area (Å²) in [5.74, 6) is 1.67. The summed E-state index contributed by atoms with van der Waals surface area (Å²) in [7, 11) is 1.83. The summed E-state index contributed by atoms with van der Waals surface area (Å²) in [6.45, 7) is 7.05. The maximum Gasteiger partial charge on any atom is 0.0595 e. The van der Waals surface area contributed by atoms with Crippen LogP contribution in [0.4, 0.5) is 0 Å². The fourth-order valence-corrected chi connectivity index (χ4v) is 3.67. The maximum absolute atomic E-state index is 6.37. The summed E-state index contributed by atoms with van der Waals surface area (Å²) < 4.78 is 5.46. The van der Waals surface area contributed by atoms with E-state index in [1.54, 1.807) is 0 Å². The van der Waals surface area contributed by atoms with Crippen LogP contribution in [0.1, 0.15) is 46.0 Å². The lowest BCUT2D eigenvalue weighted by Crippen LogP contribution is -2.54. The Labute approximate surface area is 112 Å². The Hall–Kier alpha value is -0.120. The van der Waals surface area contributed by atoms with Gasteiger partial charge in [0.1, 0.15) is 0 Å². The van der Waals surface area contributed by atoms with E-state index >= 15 is 0 Å². The number of piperidine rings is 1. The van der Waals surface area contributed by atoms with Gasteiger partial charge in [-0.2, -0.15) is 0 Å². The minimum Gasteiger partial charge on any atom is -0.381 e. The van der Waals surface area contributed by atoms with Crippen LogP contribution in [-0.4, -0.2) is 43.3 Å². The molecule has 0 spiro atoms. The fraction of sp³-hybridized carbons (Fsp3) is 1.00. The molecule has 1 aliphatic heterocycles. The van der Waals surface area contributed by atoms with Gasteiger partial charge < -0.3 is 10.5 Å². The van der Waals surface area contributed by atoms with Gasteiger partial charge >= 0.3 is 0 Å². The first kappa shape index (κ1) is 14.3. The zero-order valence-corrected chi connectivity index (χ0v) is 12.3. The van der Waals surface area contributed by atoms with Gasteiger partial charge in [0.15, 0.2) is 0 Å². The monoisotopic (exact) mass is 254 g/mol. The average molecular weight is 254 g/mol. The van der Waals surface area contributed by atoms with Gasteiger partial charge in [-0.25, -0.2) is 0 Å². The molecule has 1 aliphatic carbocycles.